The maximum absolute atomic E-state index is 12.8. The second kappa shape index (κ2) is 9.01. The van der Waals surface area contributed by atoms with Crippen LogP contribution < -0.4 is 5.32 Å². The second-order valence-corrected chi connectivity index (χ2v) is 8.04. The molecular formula is C30H24N2O. The van der Waals surface area contributed by atoms with Gasteiger partial charge in [0.1, 0.15) is 0 Å². The zero-order valence-electron chi connectivity index (χ0n) is 18.4. The van der Waals surface area contributed by atoms with E-state index in [-0.39, 0.29) is 5.91 Å². The predicted molar refractivity (Wildman–Crippen MR) is 136 cm³/mol. The molecule has 1 aromatic heterocycles. The molecule has 0 saturated carbocycles. The molecule has 0 radical (unpaired) electrons. The van der Waals surface area contributed by atoms with Gasteiger partial charge in [-0.05, 0) is 66.6 Å². The van der Waals surface area contributed by atoms with Crippen LogP contribution in [0.1, 0.15) is 15.9 Å². The number of amides is 1. The van der Waals surface area contributed by atoms with Gasteiger partial charge >= 0.3 is 0 Å². The minimum Gasteiger partial charge on any atom is -0.322 e. The number of hydrogen-bond donors (Lipinski definition) is 1. The fourth-order valence-electron chi connectivity index (χ4n) is 3.99. The zero-order valence-corrected chi connectivity index (χ0v) is 18.4. The fourth-order valence-corrected chi connectivity index (χ4v) is 3.99. The summed E-state index contributed by atoms with van der Waals surface area (Å²) in [6, 6.07) is 40.6. The van der Waals surface area contributed by atoms with Crippen molar-refractivity contribution in [3.8, 4) is 28.2 Å². The standard InChI is InChI=1S/C30H24N2O/c1-22-12-16-26(17-13-22)31-30(33)25-14-18-27(19-15-25)32-28(23-8-4-2-5-9-23)20-21-29(32)24-10-6-3-7-11-24/h2-21H,1H3,(H,31,33). The Hall–Kier alpha value is -4.37. The first-order valence-electron chi connectivity index (χ1n) is 11.0. The Kier molecular flexibility index (Phi) is 5.61. The molecule has 0 bridgehead atoms. The molecule has 4 aromatic carbocycles. The average molecular weight is 429 g/mol. The lowest BCUT2D eigenvalue weighted by Crippen LogP contribution is -2.12. The summed E-state index contributed by atoms with van der Waals surface area (Å²) in [6.07, 6.45) is 0. The molecule has 0 unspecified atom stereocenters. The Labute approximate surface area is 194 Å². The topological polar surface area (TPSA) is 34.0 Å². The molecule has 0 aliphatic carbocycles. The lowest BCUT2D eigenvalue weighted by atomic mass is 10.1. The molecule has 33 heavy (non-hydrogen) atoms. The van der Waals surface area contributed by atoms with Crippen molar-refractivity contribution < 1.29 is 4.79 Å². The van der Waals surface area contributed by atoms with E-state index in [1.165, 1.54) is 0 Å². The number of carbonyl (C=O) groups excluding carboxylic acids is 1. The summed E-state index contributed by atoms with van der Waals surface area (Å²) in [5.74, 6) is -0.121. The van der Waals surface area contributed by atoms with Gasteiger partial charge in [0.15, 0.2) is 0 Å². The Bertz CT molecular complexity index is 1310. The molecule has 1 heterocycles. The van der Waals surface area contributed by atoms with Gasteiger partial charge in [-0.2, -0.15) is 0 Å². The lowest BCUT2D eigenvalue weighted by molar-refractivity contribution is 0.102. The van der Waals surface area contributed by atoms with Gasteiger partial charge in [-0.1, -0.05) is 78.4 Å². The number of anilines is 1. The summed E-state index contributed by atoms with van der Waals surface area (Å²) in [5.41, 5.74) is 8.06. The van der Waals surface area contributed by atoms with Crippen LogP contribution in [-0.4, -0.2) is 10.5 Å². The van der Waals surface area contributed by atoms with Crippen LogP contribution in [-0.2, 0) is 0 Å². The molecule has 5 rings (SSSR count). The number of aromatic nitrogens is 1. The molecule has 3 nitrogen and oxygen atoms in total. The van der Waals surface area contributed by atoms with Gasteiger partial charge in [-0.15, -0.1) is 0 Å². The van der Waals surface area contributed by atoms with Crippen LogP contribution >= 0.6 is 0 Å². The molecule has 0 atom stereocenters. The highest BCUT2D eigenvalue weighted by Crippen LogP contribution is 2.32. The van der Waals surface area contributed by atoms with Gasteiger partial charge in [0.05, 0.1) is 11.4 Å². The molecule has 5 aromatic rings. The van der Waals surface area contributed by atoms with Gasteiger partial charge in [0, 0.05) is 16.9 Å². The minimum absolute atomic E-state index is 0.121. The van der Waals surface area contributed by atoms with Crippen molar-refractivity contribution in [3.05, 3.63) is 132 Å². The molecule has 1 amide bonds. The quantitative estimate of drug-likeness (QED) is 0.311. The number of aryl methyl sites for hydroxylation is 1. The van der Waals surface area contributed by atoms with Crippen molar-refractivity contribution in [3.63, 3.8) is 0 Å². The van der Waals surface area contributed by atoms with Crippen molar-refractivity contribution in [2.75, 3.05) is 5.32 Å². The molecule has 0 spiro atoms. The smallest absolute Gasteiger partial charge is 0.255 e. The van der Waals surface area contributed by atoms with Crippen LogP contribution in [0.15, 0.2) is 121 Å². The van der Waals surface area contributed by atoms with E-state index in [0.29, 0.717) is 5.56 Å². The molecule has 0 aliphatic heterocycles. The molecule has 1 N–H and O–H groups in total. The maximum Gasteiger partial charge on any atom is 0.255 e. The number of nitrogens with zero attached hydrogens (tertiary/aromatic N) is 1. The normalized spacial score (nSPS) is 10.7. The van der Waals surface area contributed by atoms with Gasteiger partial charge < -0.3 is 9.88 Å². The van der Waals surface area contributed by atoms with Gasteiger partial charge in [0.2, 0.25) is 0 Å². The summed E-state index contributed by atoms with van der Waals surface area (Å²) in [7, 11) is 0. The highest BCUT2D eigenvalue weighted by atomic mass is 16.1. The van der Waals surface area contributed by atoms with Crippen LogP contribution in [0, 0.1) is 6.92 Å². The van der Waals surface area contributed by atoms with Crippen molar-refractivity contribution in [2.24, 2.45) is 0 Å². The van der Waals surface area contributed by atoms with E-state index < -0.39 is 0 Å². The summed E-state index contributed by atoms with van der Waals surface area (Å²) in [4.78, 5) is 12.8. The summed E-state index contributed by atoms with van der Waals surface area (Å²) < 4.78 is 2.24. The number of nitrogens with one attached hydrogen (secondary N) is 1. The van der Waals surface area contributed by atoms with Gasteiger partial charge in [0.25, 0.3) is 5.91 Å². The Morgan fingerprint density at radius 3 is 1.64 bits per heavy atom. The van der Waals surface area contributed by atoms with Gasteiger partial charge in [-0.3, -0.25) is 4.79 Å². The van der Waals surface area contributed by atoms with Crippen molar-refractivity contribution >= 4 is 11.6 Å². The number of carbonyl (C=O) groups is 1. The molecule has 0 fully saturated rings. The Morgan fingerprint density at radius 2 is 1.12 bits per heavy atom. The van der Waals surface area contributed by atoms with Crippen LogP contribution in [0.2, 0.25) is 0 Å². The van der Waals surface area contributed by atoms with E-state index in [2.05, 4.69) is 46.3 Å². The molecular weight excluding hydrogens is 404 g/mol. The molecule has 0 aliphatic rings. The van der Waals surface area contributed by atoms with Crippen molar-refractivity contribution in [1.29, 1.82) is 0 Å². The SMILES string of the molecule is Cc1ccc(NC(=O)c2ccc(-n3c(-c4ccccc4)ccc3-c3ccccc3)cc2)cc1. The number of hydrogen-bond acceptors (Lipinski definition) is 1. The van der Waals surface area contributed by atoms with E-state index in [1.807, 2.05) is 91.9 Å². The van der Waals surface area contributed by atoms with E-state index in [0.717, 1.165) is 39.5 Å². The largest absolute Gasteiger partial charge is 0.322 e. The van der Waals surface area contributed by atoms with Crippen LogP contribution in [0.3, 0.4) is 0 Å². The maximum atomic E-state index is 12.8. The average Bonchev–Trinajstić information content (AvgIpc) is 3.32. The fraction of sp³-hybridized carbons (Fsp3) is 0.0333. The summed E-state index contributed by atoms with van der Waals surface area (Å²) >= 11 is 0. The van der Waals surface area contributed by atoms with E-state index in [1.54, 1.807) is 0 Å². The third-order valence-corrected chi connectivity index (χ3v) is 5.72. The molecule has 0 saturated heterocycles. The van der Waals surface area contributed by atoms with E-state index in [4.69, 9.17) is 0 Å². The van der Waals surface area contributed by atoms with Gasteiger partial charge in [-0.25, -0.2) is 0 Å². The van der Waals surface area contributed by atoms with E-state index in [9.17, 15) is 4.79 Å². The summed E-state index contributed by atoms with van der Waals surface area (Å²) in [6.45, 7) is 2.03. The first-order chi connectivity index (χ1) is 16.2. The third kappa shape index (κ3) is 4.35. The second-order valence-electron chi connectivity index (χ2n) is 8.04. The van der Waals surface area contributed by atoms with Crippen molar-refractivity contribution in [2.45, 2.75) is 6.92 Å². The first-order valence-corrected chi connectivity index (χ1v) is 11.0. The van der Waals surface area contributed by atoms with Crippen LogP contribution in [0.25, 0.3) is 28.2 Å². The highest BCUT2D eigenvalue weighted by molar-refractivity contribution is 6.04. The highest BCUT2D eigenvalue weighted by Gasteiger charge is 2.14. The number of benzene rings is 4. The molecule has 160 valence electrons. The number of rotatable bonds is 5. The van der Waals surface area contributed by atoms with Crippen molar-refractivity contribution in [1.82, 2.24) is 4.57 Å². The van der Waals surface area contributed by atoms with Crippen LogP contribution in [0.5, 0.6) is 0 Å². The van der Waals surface area contributed by atoms with E-state index >= 15 is 0 Å². The Balaban J connectivity index is 1.51. The summed E-state index contributed by atoms with van der Waals surface area (Å²) in [5, 5.41) is 2.97. The lowest BCUT2D eigenvalue weighted by Gasteiger charge is -2.15. The third-order valence-electron chi connectivity index (χ3n) is 5.72. The molecule has 3 heteroatoms. The first kappa shape index (κ1) is 20.5. The minimum atomic E-state index is -0.121. The Morgan fingerprint density at radius 1 is 0.606 bits per heavy atom. The predicted octanol–water partition coefficient (Wildman–Crippen LogP) is 7.37. The monoisotopic (exact) mass is 428 g/mol. The van der Waals surface area contributed by atoms with Crippen LogP contribution in [0.4, 0.5) is 5.69 Å². The zero-order chi connectivity index (χ0) is 22.6.